The van der Waals surface area contributed by atoms with Gasteiger partial charge in [0.25, 0.3) is 0 Å². The third-order valence-electron chi connectivity index (χ3n) is 5.09. The van der Waals surface area contributed by atoms with Crippen LogP contribution in [0.3, 0.4) is 0 Å². The van der Waals surface area contributed by atoms with Crippen molar-refractivity contribution in [2.75, 3.05) is 13.1 Å². The molecular formula is C22H34N2O3. The van der Waals surface area contributed by atoms with Gasteiger partial charge in [-0.3, -0.25) is 4.79 Å². The number of hydrogen-bond acceptors (Lipinski definition) is 4. The zero-order valence-corrected chi connectivity index (χ0v) is 16.6. The summed E-state index contributed by atoms with van der Waals surface area (Å²) in [5, 5.41) is 1.43. The Balaban J connectivity index is 1.56. The Hall–Kier alpha value is -1.88. The minimum Gasteiger partial charge on any atom is -0.444 e. The predicted octanol–water partition coefficient (Wildman–Crippen LogP) is 4.86. The van der Waals surface area contributed by atoms with Crippen molar-refractivity contribution in [1.29, 1.82) is 0 Å². The molecule has 5 nitrogen and oxygen atoms in total. The molecule has 1 atom stereocenters. The average molecular weight is 375 g/mol. The normalized spacial score (nSPS) is 16.5. The number of nitrogens with one attached hydrogen (secondary N) is 1. The van der Waals surface area contributed by atoms with Crippen molar-refractivity contribution in [3.8, 4) is 0 Å². The Kier molecular flexibility index (Phi) is 9.91. The van der Waals surface area contributed by atoms with Crippen LogP contribution in [0.1, 0.15) is 70.3 Å². The van der Waals surface area contributed by atoms with Gasteiger partial charge in [0.15, 0.2) is 0 Å². The summed E-state index contributed by atoms with van der Waals surface area (Å²) in [5.74, 6) is 0.144. The van der Waals surface area contributed by atoms with E-state index in [1.54, 1.807) is 0 Å². The van der Waals surface area contributed by atoms with Crippen LogP contribution in [-0.2, 0) is 16.1 Å². The Bertz CT molecular complexity index is 562. The number of Topliss-reactive ketones (excluding diaryl/α,β-unsaturated/α-hetero) is 1. The Morgan fingerprint density at radius 2 is 1.70 bits per heavy atom. The van der Waals surface area contributed by atoms with Crippen molar-refractivity contribution < 1.29 is 14.3 Å². The fourth-order valence-electron chi connectivity index (χ4n) is 3.36. The predicted molar refractivity (Wildman–Crippen MR) is 107 cm³/mol. The number of nitrogens with zero attached hydrogens (tertiary/aromatic N) is 1. The smallest absolute Gasteiger partial charge is 0.424 e. The van der Waals surface area contributed by atoms with Crippen LogP contribution >= 0.6 is 0 Å². The number of ketones is 1. The van der Waals surface area contributed by atoms with Gasteiger partial charge in [-0.25, -0.2) is 15.2 Å². The second-order valence-electron chi connectivity index (χ2n) is 7.40. The highest BCUT2D eigenvalue weighted by molar-refractivity contribution is 5.82. The summed E-state index contributed by atoms with van der Waals surface area (Å²) in [6.45, 7) is 3.40. The highest BCUT2D eigenvalue weighted by atomic mass is 16.6. The molecular weight excluding hydrogens is 340 g/mol. The van der Waals surface area contributed by atoms with Crippen LogP contribution in [0.4, 0.5) is 4.79 Å². The SMILES string of the molecule is CCCCCCCCCCC(=O)C1CNN(C(=O)OCc2ccccc2)C1. The van der Waals surface area contributed by atoms with E-state index in [2.05, 4.69) is 12.3 Å². The first-order valence-corrected chi connectivity index (χ1v) is 10.4. The number of hydrogen-bond donors (Lipinski definition) is 1. The van der Waals surface area contributed by atoms with E-state index in [0.717, 1.165) is 18.4 Å². The van der Waals surface area contributed by atoms with E-state index >= 15 is 0 Å². The summed E-state index contributed by atoms with van der Waals surface area (Å²) in [5.41, 5.74) is 3.94. The molecule has 1 aromatic rings. The fourth-order valence-corrected chi connectivity index (χ4v) is 3.36. The van der Waals surface area contributed by atoms with Crippen LogP contribution in [-0.4, -0.2) is 30.0 Å². The molecule has 0 aromatic heterocycles. The van der Waals surface area contributed by atoms with Crippen LogP contribution in [0.2, 0.25) is 0 Å². The summed E-state index contributed by atoms with van der Waals surface area (Å²) in [4.78, 5) is 24.5. The fraction of sp³-hybridized carbons (Fsp3) is 0.636. The molecule has 1 aliphatic heterocycles. The van der Waals surface area contributed by atoms with E-state index in [4.69, 9.17) is 4.74 Å². The summed E-state index contributed by atoms with van der Waals surface area (Å²) in [6.07, 6.45) is 10.0. The van der Waals surface area contributed by atoms with Gasteiger partial charge in [-0.05, 0) is 12.0 Å². The second kappa shape index (κ2) is 12.5. The van der Waals surface area contributed by atoms with Crippen molar-refractivity contribution in [2.45, 2.75) is 71.3 Å². The lowest BCUT2D eigenvalue weighted by molar-refractivity contribution is -0.122. The molecule has 1 heterocycles. The minimum absolute atomic E-state index is 0.112. The van der Waals surface area contributed by atoms with Gasteiger partial charge in [-0.1, -0.05) is 82.2 Å². The topological polar surface area (TPSA) is 58.6 Å². The number of carbonyl (C=O) groups is 2. The average Bonchev–Trinajstić information content (AvgIpc) is 3.19. The lowest BCUT2D eigenvalue weighted by Gasteiger charge is -2.15. The molecule has 1 aliphatic rings. The number of hydrazine groups is 1. The van der Waals surface area contributed by atoms with Crippen molar-refractivity contribution >= 4 is 11.9 Å². The van der Waals surface area contributed by atoms with E-state index < -0.39 is 6.09 Å². The lowest BCUT2D eigenvalue weighted by Crippen LogP contribution is -2.37. The highest BCUT2D eigenvalue weighted by Gasteiger charge is 2.31. The van der Waals surface area contributed by atoms with Gasteiger partial charge >= 0.3 is 6.09 Å². The molecule has 0 saturated carbocycles. The van der Waals surface area contributed by atoms with Crippen LogP contribution in [0.5, 0.6) is 0 Å². The van der Waals surface area contributed by atoms with Gasteiger partial charge in [0.05, 0.1) is 12.5 Å². The van der Waals surface area contributed by atoms with Gasteiger partial charge < -0.3 is 4.74 Å². The molecule has 1 fully saturated rings. The Morgan fingerprint density at radius 3 is 2.41 bits per heavy atom. The maximum absolute atomic E-state index is 12.3. The number of benzene rings is 1. The molecule has 0 spiro atoms. The van der Waals surface area contributed by atoms with E-state index in [0.29, 0.717) is 19.5 Å². The first-order valence-electron chi connectivity index (χ1n) is 10.4. The van der Waals surface area contributed by atoms with Crippen molar-refractivity contribution in [3.05, 3.63) is 35.9 Å². The first-order chi connectivity index (χ1) is 13.2. The third-order valence-corrected chi connectivity index (χ3v) is 5.09. The van der Waals surface area contributed by atoms with Gasteiger partial charge in [-0.15, -0.1) is 0 Å². The van der Waals surface area contributed by atoms with Crippen LogP contribution in [0.25, 0.3) is 0 Å². The Morgan fingerprint density at radius 1 is 1.04 bits per heavy atom. The van der Waals surface area contributed by atoms with Crippen molar-refractivity contribution in [2.24, 2.45) is 5.92 Å². The molecule has 1 N–H and O–H groups in total. The molecule has 1 amide bonds. The van der Waals surface area contributed by atoms with E-state index in [1.807, 2.05) is 30.3 Å². The molecule has 1 saturated heterocycles. The van der Waals surface area contributed by atoms with Crippen LogP contribution in [0, 0.1) is 5.92 Å². The number of amides is 1. The summed E-state index contributed by atoms with van der Waals surface area (Å²) >= 11 is 0. The number of rotatable bonds is 12. The molecule has 1 aromatic carbocycles. The van der Waals surface area contributed by atoms with Gasteiger partial charge in [0.2, 0.25) is 0 Å². The van der Waals surface area contributed by atoms with Crippen molar-refractivity contribution in [3.63, 3.8) is 0 Å². The quantitative estimate of drug-likeness (QED) is 0.531. The number of ether oxygens (including phenoxy) is 1. The van der Waals surface area contributed by atoms with Crippen LogP contribution in [0.15, 0.2) is 30.3 Å². The standard InChI is InChI=1S/C22H34N2O3/c1-2-3-4-5-6-7-8-12-15-21(25)20-16-23-24(17-20)22(26)27-18-19-13-10-9-11-14-19/h9-11,13-14,20,23H,2-8,12,15-18H2,1H3. The third kappa shape index (κ3) is 8.12. The molecule has 5 heteroatoms. The number of carbonyl (C=O) groups excluding carboxylic acids is 2. The lowest BCUT2D eigenvalue weighted by atomic mass is 9.99. The molecule has 0 bridgehead atoms. The van der Waals surface area contributed by atoms with Gasteiger partial charge in [0.1, 0.15) is 12.4 Å². The zero-order valence-electron chi connectivity index (χ0n) is 16.6. The Labute approximate surface area is 163 Å². The minimum atomic E-state index is -0.416. The second-order valence-corrected chi connectivity index (χ2v) is 7.40. The molecule has 150 valence electrons. The molecule has 27 heavy (non-hydrogen) atoms. The molecule has 0 aliphatic carbocycles. The highest BCUT2D eigenvalue weighted by Crippen LogP contribution is 2.15. The summed E-state index contributed by atoms with van der Waals surface area (Å²) in [7, 11) is 0. The number of unbranched alkanes of at least 4 members (excludes halogenated alkanes) is 7. The first kappa shape index (κ1) is 21.4. The van der Waals surface area contributed by atoms with E-state index in [1.165, 1.54) is 43.5 Å². The molecule has 0 radical (unpaired) electrons. The van der Waals surface area contributed by atoms with Crippen LogP contribution < -0.4 is 5.43 Å². The van der Waals surface area contributed by atoms with E-state index in [-0.39, 0.29) is 18.3 Å². The monoisotopic (exact) mass is 374 g/mol. The summed E-state index contributed by atoms with van der Waals surface area (Å²) in [6, 6.07) is 9.59. The largest absolute Gasteiger partial charge is 0.444 e. The maximum Gasteiger partial charge on any atom is 0.424 e. The molecule has 1 unspecified atom stereocenters. The zero-order chi connectivity index (χ0) is 19.3. The van der Waals surface area contributed by atoms with Crippen molar-refractivity contribution in [1.82, 2.24) is 10.4 Å². The van der Waals surface area contributed by atoms with Gasteiger partial charge in [-0.2, -0.15) is 0 Å². The van der Waals surface area contributed by atoms with E-state index in [9.17, 15) is 9.59 Å². The molecule has 2 rings (SSSR count). The van der Waals surface area contributed by atoms with Gasteiger partial charge in [0, 0.05) is 13.0 Å². The summed E-state index contributed by atoms with van der Waals surface area (Å²) < 4.78 is 5.31. The maximum atomic E-state index is 12.3.